The number of alkyl halides is 3. The van der Waals surface area contributed by atoms with Gasteiger partial charge in [-0.15, -0.1) is 0 Å². The van der Waals surface area contributed by atoms with Crippen molar-refractivity contribution in [3.63, 3.8) is 0 Å². The van der Waals surface area contributed by atoms with Crippen LogP contribution in [0.5, 0.6) is 0 Å². The lowest BCUT2D eigenvalue weighted by Gasteiger charge is -2.08. The zero-order valence-corrected chi connectivity index (χ0v) is 11.6. The lowest BCUT2D eigenvalue weighted by Crippen LogP contribution is -2.26. The number of nitrogens with two attached hydrogens (primary N) is 1. The smallest absolute Gasteiger partial charge is 0.351 e. The summed E-state index contributed by atoms with van der Waals surface area (Å²) in [6.45, 7) is 0.880. The molecule has 0 radical (unpaired) electrons. The van der Waals surface area contributed by atoms with Crippen LogP contribution in [0.3, 0.4) is 0 Å². The molecule has 2 rings (SSSR count). The van der Waals surface area contributed by atoms with Crippen LogP contribution in [-0.2, 0) is 6.18 Å². The van der Waals surface area contributed by atoms with Crippen molar-refractivity contribution >= 4 is 5.91 Å². The zero-order valence-electron chi connectivity index (χ0n) is 11.6. The zero-order chi connectivity index (χ0) is 16.2. The van der Waals surface area contributed by atoms with Crippen LogP contribution in [0.2, 0.25) is 0 Å². The summed E-state index contributed by atoms with van der Waals surface area (Å²) in [7, 11) is 0. The molecular formula is C14H15F3N4O. The van der Waals surface area contributed by atoms with Gasteiger partial charge in [-0.3, -0.25) is 4.79 Å². The van der Waals surface area contributed by atoms with Gasteiger partial charge in [0.2, 0.25) is 0 Å². The molecule has 0 atom stereocenters. The maximum Gasteiger partial charge on any atom is 0.416 e. The molecule has 0 spiro atoms. The van der Waals surface area contributed by atoms with Crippen molar-refractivity contribution in [3.8, 4) is 5.69 Å². The second-order valence-electron chi connectivity index (χ2n) is 4.59. The Balaban J connectivity index is 2.16. The number of rotatable bonds is 5. The average Bonchev–Trinajstić information content (AvgIpc) is 2.96. The Labute approximate surface area is 124 Å². The number of amides is 1. The third-order valence-electron chi connectivity index (χ3n) is 2.93. The molecule has 1 aromatic carbocycles. The summed E-state index contributed by atoms with van der Waals surface area (Å²) >= 11 is 0. The molecule has 1 aromatic heterocycles. The first-order chi connectivity index (χ1) is 10.4. The molecule has 0 unspecified atom stereocenters. The van der Waals surface area contributed by atoms with E-state index in [0.717, 1.165) is 12.1 Å². The van der Waals surface area contributed by atoms with Crippen LogP contribution in [0.15, 0.2) is 36.5 Å². The highest BCUT2D eigenvalue weighted by atomic mass is 19.4. The van der Waals surface area contributed by atoms with Gasteiger partial charge in [0.25, 0.3) is 5.91 Å². The third-order valence-corrected chi connectivity index (χ3v) is 2.93. The van der Waals surface area contributed by atoms with E-state index in [1.807, 2.05) is 0 Å². The first kappa shape index (κ1) is 16.0. The van der Waals surface area contributed by atoms with Gasteiger partial charge >= 0.3 is 6.18 Å². The van der Waals surface area contributed by atoms with Crippen LogP contribution < -0.4 is 11.1 Å². The molecule has 0 saturated carbocycles. The Morgan fingerprint density at radius 2 is 2.09 bits per heavy atom. The molecule has 0 saturated heterocycles. The fourth-order valence-electron chi connectivity index (χ4n) is 1.81. The van der Waals surface area contributed by atoms with E-state index in [1.54, 1.807) is 0 Å². The minimum absolute atomic E-state index is 0.134. The Morgan fingerprint density at radius 3 is 2.77 bits per heavy atom. The number of halogens is 3. The van der Waals surface area contributed by atoms with Crippen LogP contribution in [0, 0.1) is 0 Å². The van der Waals surface area contributed by atoms with Crippen molar-refractivity contribution in [2.75, 3.05) is 13.1 Å². The van der Waals surface area contributed by atoms with E-state index in [1.165, 1.54) is 29.1 Å². The van der Waals surface area contributed by atoms with Crippen LogP contribution in [0.1, 0.15) is 22.5 Å². The van der Waals surface area contributed by atoms with Crippen molar-refractivity contribution in [2.24, 2.45) is 5.73 Å². The number of carbonyl (C=O) groups is 1. The molecule has 3 N–H and O–H groups in total. The van der Waals surface area contributed by atoms with Crippen LogP contribution in [0.4, 0.5) is 13.2 Å². The first-order valence-corrected chi connectivity index (χ1v) is 6.63. The lowest BCUT2D eigenvalue weighted by atomic mass is 10.2. The number of hydrogen-bond donors (Lipinski definition) is 2. The van der Waals surface area contributed by atoms with Gasteiger partial charge in [-0.05, 0) is 37.2 Å². The molecule has 1 amide bonds. The molecular weight excluding hydrogens is 297 g/mol. The number of aromatic nitrogens is 2. The van der Waals surface area contributed by atoms with Gasteiger partial charge in [-0.2, -0.15) is 18.3 Å². The predicted octanol–water partition coefficient (Wildman–Crippen LogP) is 1.97. The molecule has 0 bridgehead atoms. The number of carbonyl (C=O) groups excluding carboxylic acids is 1. The number of nitrogens with one attached hydrogen (secondary N) is 1. The van der Waals surface area contributed by atoms with Crippen molar-refractivity contribution in [3.05, 3.63) is 47.8 Å². The Morgan fingerprint density at radius 1 is 1.32 bits per heavy atom. The molecule has 0 aliphatic heterocycles. The molecule has 1 heterocycles. The summed E-state index contributed by atoms with van der Waals surface area (Å²) in [5, 5.41) is 6.61. The summed E-state index contributed by atoms with van der Waals surface area (Å²) in [4.78, 5) is 11.8. The van der Waals surface area contributed by atoms with Gasteiger partial charge in [0.05, 0.1) is 11.3 Å². The monoisotopic (exact) mass is 312 g/mol. The average molecular weight is 312 g/mol. The standard InChI is InChI=1S/C14H15F3N4O/c15-14(16,17)10-3-1-4-11(9-10)21-8-5-12(20-21)13(22)19-7-2-6-18/h1,3-5,8-9H,2,6-7,18H2,(H,19,22). The fraction of sp³-hybridized carbons (Fsp3) is 0.286. The Kier molecular flexibility index (Phi) is 4.81. The molecule has 0 aliphatic rings. The van der Waals surface area contributed by atoms with E-state index in [9.17, 15) is 18.0 Å². The van der Waals surface area contributed by atoms with E-state index in [0.29, 0.717) is 19.5 Å². The lowest BCUT2D eigenvalue weighted by molar-refractivity contribution is -0.137. The second-order valence-corrected chi connectivity index (χ2v) is 4.59. The molecule has 0 aliphatic carbocycles. The molecule has 2 aromatic rings. The number of benzene rings is 1. The van der Waals surface area contributed by atoms with Gasteiger partial charge in [0.1, 0.15) is 0 Å². The van der Waals surface area contributed by atoms with E-state index in [2.05, 4.69) is 10.4 Å². The molecule has 5 nitrogen and oxygen atoms in total. The van der Waals surface area contributed by atoms with Gasteiger partial charge in [-0.1, -0.05) is 6.07 Å². The Bertz CT molecular complexity index is 652. The van der Waals surface area contributed by atoms with Crippen LogP contribution >= 0.6 is 0 Å². The highest BCUT2D eigenvalue weighted by molar-refractivity contribution is 5.92. The second kappa shape index (κ2) is 6.61. The summed E-state index contributed by atoms with van der Waals surface area (Å²) in [5.41, 5.74) is 4.92. The number of hydrogen-bond acceptors (Lipinski definition) is 3. The fourth-order valence-corrected chi connectivity index (χ4v) is 1.81. The normalized spacial score (nSPS) is 11.5. The molecule has 22 heavy (non-hydrogen) atoms. The quantitative estimate of drug-likeness (QED) is 0.829. The maximum atomic E-state index is 12.7. The van der Waals surface area contributed by atoms with E-state index in [4.69, 9.17) is 5.73 Å². The molecule has 8 heteroatoms. The Hall–Kier alpha value is -2.35. The molecule has 0 fully saturated rings. The topological polar surface area (TPSA) is 72.9 Å². The first-order valence-electron chi connectivity index (χ1n) is 6.63. The largest absolute Gasteiger partial charge is 0.416 e. The third kappa shape index (κ3) is 3.85. The van der Waals surface area contributed by atoms with Crippen molar-refractivity contribution < 1.29 is 18.0 Å². The minimum Gasteiger partial charge on any atom is -0.351 e. The van der Waals surface area contributed by atoms with E-state index in [-0.39, 0.29) is 17.3 Å². The molecule has 118 valence electrons. The maximum absolute atomic E-state index is 12.7. The summed E-state index contributed by atoms with van der Waals surface area (Å²) in [6.07, 6.45) is -2.35. The van der Waals surface area contributed by atoms with Crippen LogP contribution in [-0.4, -0.2) is 28.8 Å². The summed E-state index contributed by atoms with van der Waals surface area (Å²) in [5.74, 6) is -0.390. The summed E-state index contributed by atoms with van der Waals surface area (Å²) < 4.78 is 39.3. The minimum atomic E-state index is -4.43. The highest BCUT2D eigenvalue weighted by Crippen LogP contribution is 2.30. The van der Waals surface area contributed by atoms with Crippen molar-refractivity contribution in [1.29, 1.82) is 0 Å². The number of nitrogens with zero attached hydrogens (tertiary/aromatic N) is 2. The van der Waals surface area contributed by atoms with Crippen molar-refractivity contribution in [2.45, 2.75) is 12.6 Å². The van der Waals surface area contributed by atoms with Gasteiger partial charge in [-0.25, -0.2) is 4.68 Å². The van der Waals surface area contributed by atoms with Crippen molar-refractivity contribution in [1.82, 2.24) is 15.1 Å². The van der Waals surface area contributed by atoms with Gasteiger partial charge < -0.3 is 11.1 Å². The van der Waals surface area contributed by atoms with E-state index < -0.39 is 11.7 Å². The van der Waals surface area contributed by atoms with Gasteiger partial charge in [0, 0.05) is 12.7 Å². The van der Waals surface area contributed by atoms with E-state index >= 15 is 0 Å². The predicted molar refractivity (Wildman–Crippen MR) is 74.6 cm³/mol. The SMILES string of the molecule is NCCCNC(=O)c1ccn(-c2cccc(C(F)(F)F)c2)n1. The van der Waals surface area contributed by atoms with Crippen LogP contribution in [0.25, 0.3) is 5.69 Å². The summed E-state index contributed by atoms with van der Waals surface area (Å²) in [6, 6.07) is 6.17. The highest BCUT2D eigenvalue weighted by Gasteiger charge is 2.30. The van der Waals surface area contributed by atoms with Gasteiger partial charge in [0.15, 0.2) is 5.69 Å².